The number of morpholine rings is 1. The number of anilines is 1. The van der Waals surface area contributed by atoms with E-state index in [1.165, 1.54) is 0 Å². The smallest absolute Gasteiger partial charge is 0.161 e. The van der Waals surface area contributed by atoms with Crippen molar-refractivity contribution < 1.29 is 4.74 Å². The maximum atomic E-state index is 5.87. The maximum absolute atomic E-state index is 5.87. The van der Waals surface area contributed by atoms with Crippen LogP contribution >= 0.6 is 0 Å². The molecule has 1 aromatic rings. The molecule has 106 valence electrons. The van der Waals surface area contributed by atoms with Crippen LogP contribution in [0.15, 0.2) is 6.07 Å². The van der Waals surface area contributed by atoms with Gasteiger partial charge in [0.2, 0.25) is 0 Å². The van der Waals surface area contributed by atoms with Crippen molar-refractivity contribution in [2.24, 2.45) is 0 Å². The minimum absolute atomic E-state index is 0.0422. The number of aryl methyl sites for hydroxylation is 1. The van der Waals surface area contributed by atoms with E-state index in [4.69, 9.17) is 10.5 Å². The molecule has 1 atom stereocenters. The zero-order valence-electron chi connectivity index (χ0n) is 11.9. The van der Waals surface area contributed by atoms with Gasteiger partial charge < -0.3 is 10.5 Å². The van der Waals surface area contributed by atoms with E-state index in [2.05, 4.69) is 28.7 Å². The van der Waals surface area contributed by atoms with E-state index in [0.717, 1.165) is 57.0 Å². The Hall–Kier alpha value is -1.20. The highest BCUT2D eigenvalue weighted by atomic mass is 16.5. The number of aromatic nitrogens is 2. The number of ether oxygens (including phenoxy) is 1. The molecule has 0 aromatic carbocycles. The summed E-state index contributed by atoms with van der Waals surface area (Å²) in [5, 5.41) is 0. The molecule has 19 heavy (non-hydrogen) atoms. The van der Waals surface area contributed by atoms with Gasteiger partial charge in [0.15, 0.2) is 5.82 Å². The van der Waals surface area contributed by atoms with Gasteiger partial charge in [-0.3, -0.25) is 4.90 Å². The summed E-state index contributed by atoms with van der Waals surface area (Å²) in [5.74, 6) is 1.29. The molecule has 2 rings (SSSR count). The predicted molar refractivity (Wildman–Crippen MR) is 75.9 cm³/mol. The summed E-state index contributed by atoms with van der Waals surface area (Å²) in [4.78, 5) is 11.4. The molecular formula is C14H24N4O. The van der Waals surface area contributed by atoms with Gasteiger partial charge in [0.25, 0.3) is 0 Å². The van der Waals surface area contributed by atoms with Crippen LogP contribution in [0.1, 0.15) is 44.3 Å². The first kappa shape index (κ1) is 14.2. The normalized spacial score (nSPS) is 20.6. The van der Waals surface area contributed by atoms with Gasteiger partial charge in [-0.15, -0.1) is 0 Å². The molecule has 5 nitrogen and oxygen atoms in total. The Labute approximate surface area is 115 Å². The number of nitrogen functional groups attached to an aromatic ring is 1. The zero-order chi connectivity index (χ0) is 13.7. The third-order valence-electron chi connectivity index (χ3n) is 3.30. The fourth-order valence-electron chi connectivity index (χ4n) is 2.45. The Morgan fingerprint density at radius 3 is 2.95 bits per heavy atom. The van der Waals surface area contributed by atoms with Gasteiger partial charge >= 0.3 is 0 Å². The molecule has 2 heterocycles. The average molecular weight is 264 g/mol. The summed E-state index contributed by atoms with van der Waals surface area (Å²) in [6.45, 7) is 8.03. The number of rotatable bonds is 5. The van der Waals surface area contributed by atoms with E-state index < -0.39 is 0 Å². The van der Waals surface area contributed by atoms with Crippen LogP contribution in [0.4, 0.5) is 5.82 Å². The second-order valence-electron chi connectivity index (χ2n) is 5.05. The maximum Gasteiger partial charge on any atom is 0.161 e. The van der Waals surface area contributed by atoms with Crippen LogP contribution in [0, 0.1) is 0 Å². The molecular weight excluding hydrogens is 240 g/mol. The van der Waals surface area contributed by atoms with Crippen LogP contribution in [0.2, 0.25) is 0 Å². The topological polar surface area (TPSA) is 64.3 Å². The van der Waals surface area contributed by atoms with Gasteiger partial charge in [-0.05, 0) is 19.4 Å². The van der Waals surface area contributed by atoms with Gasteiger partial charge in [-0.1, -0.05) is 20.3 Å². The quantitative estimate of drug-likeness (QED) is 0.878. The Bertz CT molecular complexity index is 408. The summed E-state index contributed by atoms with van der Waals surface area (Å²) in [6.07, 6.45) is 3.11. The van der Waals surface area contributed by atoms with Crippen molar-refractivity contribution in [1.29, 1.82) is 0 Å². The second-order valence-corrected chi connectivity index (χ2v) is 5.05. The zero-order valence-corrected chi connectivity index (χ0v) is 11.9. The number of hydrogen-bond acceptors (Lipinski definition) is 5. The largest absolute Gasteiger partial charge is 0.384 e. The fraction of sp³-hybridized carbons (Fsp3) is 0.714. The Morgan fingerprint density at radius 2 is 2.21 bits per heavy atom. The van der Waals surface area contributed by atoms with Crippen LogP contribution in [-0.2, 0) is 11.2 Å². The summed E-state index contributed by atoms with van der Waals surface area (Å²) in [7, 11) is 0. The number of nitrogens with two attached hydrogens (primary N) is 1. The SMILES string of the molecule is CCCc1cc(N)nc(C2CN(CCC)CCO2)n1. The molecule has 1 aromatic heterocycles. The summed E-state index contributed by atoms with van der Waals surface area (Å²) in [5.41, 5.74) is 6.88. The summed E-state index contributed by atoms with van der Waals surface area (Å²) >= 11 is 0. The lowest BCUT2D eigenvalue weighted by Crippen LogP contribution is -2.39. The summed E-state index contributed by atoms with van der Waals surface area (Å²) in [6, 6.07) is 1.86. The number of hydrogen-bond donors (Lipinski definition) is 1. The van der Waals surface area contributed by atoms with Crippen molar-refractivity contribution in [2.75, 3.05) is 32.0 Å². The first-order valence-electron chi connectivity index (χ1n) is 7.20. The van der Waals surface area contributed by atoms with E-state index in [-0.39, 0.29) is 6.10 Å². The fourth-order valence-corrected chi connectivity index (χ4v) is 2.45. The highest BCUT2D eigenvalue weighted by Crippen LogP contribution is 2.20. The van der Waals surface area contributed by atoms with Crippen molar-refractivity contribution in [3.8, 4) is 0 Å². The molecule has 0 saturated carbocycles. The van der Waals surface area contributed by atoms with Crippen LogP contribution in [-0.4, -0.2) is 41.1 Å². The highest BCUT2D eigenvalue weighted by Gasteiger charge is 2.24. The third kappa shape index (κ3) is 3.88. The van der Waals surface area contributed by atoms with E-state index in [9.17, 15) is 0 Å². The lowest BCUT2D eigenvalue weighted by molar-refractivity contribution is -0.0342. The summed E-state index contributed by atoms with van der Waals surface area (Å²) < 4.78 is 5.81. The van der Waals surface area contributed by atoms with Crippen LogP contribution in [0.5, 0.6) is 0 Å². The molecule has 1 saturated heterocycles. The van der Waals surface area contributed by atoms with Crippen LogP contribution in [0.3, 0.4) is 0 Å². The Balaban J connectivity index is 2.11. The molecule has 0 spiro atoms. The van der Waals surface area contributed by atoms with Crippen molar-refractivity contribution in [3.63, 3.8) is 0 Å². The van der Waals surface area contributed by atoms with Gasteiger partial charge in [0.05, 0.1) is 6.61 Å². The molecule has 5 heteroatoms. The predicted octanol–water partition coefficient (Wildman–Crippen LogP) is 1.79. The second kappa shape index (κ2) is 6.82. The average Bonchev–Trinajstić information content (AvgIpc) is 2.39. The monoisotopic (exact) mass is 264 g/mol. The molecule has 0 bridgehead atoms. The van der Waals surface area contributed by atoms with Crippen LogP contribution in [0.25, 0.3) is 0 Å². The molecule has 1 fully saturated rings. The lowest BCUT2D eigenvalue weighted by Gasteiger charge is -2.32. The van der Waals surface area contributed by atoms with Crippen molar-refractivity contribution in [2.45, 2.75) is 39.2 Å². The first-order valence-corrected chi connectivity index (χ1v) is 7.20. The molecule has 0 radical (unpaired) electrons. The Morgan fingerprint density at radius 1 is 1.37 bits per heavy atom. The third-order valence-corrected chi connectivity index (χ3v) is 3.30. The van der Waals surface area contributed by atoms with Crippen LogP contribution < -0.4 is 5.73 Å². The van der Waals surface area contributed by atoms with E-state index in [1.54, 1.807) is 0 Å². The molecule has 0 amide bonds. The lowest BCUT2D eigenvalue weighted by atomic mass is 10.2. The molecule has 0 aliphatic carbocycles. The van der Waals surface area contributed by atoms with Crippen molar-refractivity contribution in [3.05, 3.63) is 17.6 Å². The van der Waals surface area contributed by atoms with Gasteiger partial charge in [0, 0.05) is 24.8 Å². The molecule has 1 aliphatic heterocycles. The molecule has 1 aliphatic rings. The van der Waals surface area contributed by atoms with Crippen molar-refractivity contribution in [1.82, 2.24) is 14.9 Å². The molecule has 1 unspecified atom stereocenters. The van der Waals surface area contributed by atoms with Gasteiger partial charge in [-0.25, -0.2) is 9.97 Å². The minimum atomic E-state index is -0.0422. The van der Waals surface area contributed by atoms with E-state index in [1.807, 2.05) is 6.07 Å². The van der Waals surface area contributed by atoms with Gasteiger partial charge in [-0.2, -0.15) is 0 Å². The van der Waals surface area contributed by atoms with Crippen molar-refractivity contribution >= 4 is 5.82 Å². The van der Waals surface area contributed by atoms with E-state index >= 15 is 0 Å². The first-order chi connectivity index (χ1) is 9.22. The van der Waals surface area contributed by atoms with E-state index in [0.29, 0.717) is 5.82 Å². The highest BCUT2D eigenvalue weighted by molar-refractivity contribution is 5.30. The number of nitrogens with zero attached hydrogens (tertiary/aromatic N) is 3. The standard InChI is InChI=1S/C14H24N4O/c1-3-5-11-9-13(15)17-14(16-11)12-10-18(6-4-2)7-8-19-12/h9,12H,3-8,10H2,1-2H3,(H2,15,16,17). The van der Waals surface area contributed by atoms with Gasteiger partial charge in [0.1, 0.15) is 11.9 Å². The minimum Gasteiger partial charge on any atom is -0.384 e. The molecule has 2 N–H and O–H groups in total. The Kier molecular flexibility index (Phi) is 5.10.